The minimum Gasteiger partial charge on any atom is -0.481 e. The van der Waals surface area contributed by atoms with Crippen LogP contribution in [0.3, 0.4) is 0 Å². The number of aliphatic carboxylic acids is 1. The number of carboxylic acids is 1. The monoisotopic (exact) mass is 380 g/mol. The van der Waals surface area contributed by atoms with Gasteiger partial charge in [-0.05, 0) is 37.5 Å². The summed E-state index contributed by atoms with van der Waals surface area (Å²) >= 11 is 0.943. The minimum absolute atomic E-state index is 0.0442. The SMILES string of the molecule is Cc1ncc(C(C)C(=O)O)c(C)c1Cc1nc2c(F)c(F)cc(F)c2s1. The summed E-state index contributed by atoms with van der Waals surface area (Å²) in [6.07, 6.45) is 1.75. The number of pyridine rings is 1. The summed E-state index contributed by atoms with van der Waals surface area (Å²) in [5.41, 5.74) is 2.41. The third-order valence-electron chi connectivity index (χ3n) is 4.44. The number of carbonyl (C=O) groups is 1. The van der Waals surface area contributed by atoms with Crippen LogP contribution in [0.15, 0.2) is 12.3 Å². The number of aryl methyl sites for hydroxylation is 1. The summed E-state index contributed by atoms with van der Waals surface area (Å²) in [6.45, 7) is 5.12. The van der Waals surface area contributed by atoms with E-state index in [0.29, 0.717) is 22.3 Å². The fraction of sp³-hybridized carbons (Fsp3) is 0.278. The molecule has 0 amide bonds. The molecule has 4 nitrogen and oxygen atoms in total. The largest absolute Gasteiger partial charge is 0.481 e. The highest BCUT2D eigenvalue weighted by Crippen LogP contribution is 2.32. The Bertz CT molecular complexity index is 1030. The maximum Gasteiger partial charge on any atom is 0.310 e. The van der Waals surface area contributed by atoms with Crippen LogP contribution in [-0.2, 0) is 11.2 Å². The Balaban J connectivity index is 2.08. The second kappa shape index (κ2) is 6.68. The highest BCUT2D eigenvalue weighted by Gasteiger charge is 2.22. The number of aromatic nitrogens is 2. The summed E-state index contributed by atoms with van der Waals surface area (Å²) in [6, 6.07) is 0.507. The Hall–Kier alpha value is -2.48. The Labute approximate surface area is 151 Å². The zero-order chi connectivity index (χ0) is 19.2. The van der Waals surface area contributed by atoms with Crippen LogP contribution in [-0.4, -0.2) is 21.0 Å². The normalized spacial score (nSPS) is 12.5. The van der Waals surface area contributed by atoms with Crippen LogP contribution in [0.5, 0.6) is 0 Å². The number of nitrogens with zero attached hydrogens (tertiary/aromatic N) is 2. The number of fused-ring (bicyclic) bond motifs is 1. The summed E-state index contributed by atoms with van der Waals surface area (Å²) < 4.78 is 41.1. The van der Waals surface area contributed by atoms with E-state index in [1.54, 1.807) is 20.8 Å². The van der Waals surface area contributed by atoms with Crippen molar-refractivity contribution < 1.29 is 23.1 Å². The standard InChI is InChI=1S/C18H15F3N2O2S/c1-7-10(9(3)22-6-11(7)8(2)18(24)25)4-14-23-16-15(21)12(19)5-13(20)17(16)26-14/h5-6,8H,4H2,1-3H3,(H,24,25). The summed E-state index contributed by atoms with van der Waals surface area (Å²) in [7, 11) is 0. The first-order valence-electron chi connectivity index (χ1n) is 7.81. The quantitative estimate of drug-likeness (QED) is 0.677. The van der Waals surface area contributed by atoms with Gasteiger partial charge in [-0.25, -0.2) is 18.2 Å². The highest BCUT2D eigenvalue weighted by atomic mass is 32.1. The lowest BCUT2D eigenvalue weighted by atomic mass is 9.93. The summed E-state index contributed by atoms with van der Waals surface area (Å²) in [5.74, 6) is -5.02. The number of hydrogen-bond donors (Lipinski definition) is 1. The van der Waals surface area contributed by atoms with Crippen LogP contribution in [0, 0.1) is 31.3 Å². The molecule has 0 aliphatic rings. The molecule has 0 spiro atoms. The predicted molar refractivity (Wildman–Crippen MR) is 92.1 cm³/mol. The molecule has 26 heavy (non-hydrogen) atoms. The molecule has 136 valence electrons. The Morgan fingerprint density at radius 2 is 1.96 bits per heavy atom. The van der Waals surface area contributed by atoms with E-state index in [4.69, 9.17) is 0 Å². The topological polar surface area (TPSA) is 63.1 Å². The van der Waals surface area contributed by atoms with Gasteiger partial charge in [0, 0.05) is 24.4 Å². The van der Waals surface area contributed by atoms with Gasteiger partial charge in [-0.3, -0.25) is 9.78 Å². The van der Waals surface area contributed by atoms with E-state index in [2.05, 4.69) is 9.97 Å². The van der Waals surface area contributed by atoms with E-state index < -0.39 is 29.3 Å². The lowest BCUT2D eigenvalue weighted by molar-refractivity contribution is -0.138. The van der Waals surface area contributed by atoms with E-state index in [9.17, 15) is 23.1 Å². The second-order valence-electron chi connectivity index (χ2n) is 6.08. The van der Waals surface area contributed by atoms with Crippen molar-refractivity contribution in [2.24, 2.45) is 0 Å². The van der Waals surface area contributed by atoms with Gasteiger partial charge in [-0.15, -0.1) is 11.3 Å². The highest BCUT2D eigenvalue weighted by molar-refractivity contribution is 7.18. The zero-order valence-electron chi connectivity index (χ0n) is 14.2. The van der Waals surface area contributed by atoms with Crippen LogP contribution in [0.1, 0.15) is 40.2 Å². The van der Waals surface area contributed by atoms with Crippen molar-refractivity contribution in [2.45, 2.75) is 33.1 Å². The first-order valence-corrected chi connectivity index (χ1v) is 8.63. The van der Waals surface area contributed by atoms with Crippen LogP contribution in [0.2, 0.25) is 0 Å². The van der Waals surface area contributed by atoms with Crippen LogP contribution < -0.4 is 0 Å². The number of halogens is 3. The number of thiazole rings is 1. The summed E-state index contributed by atoms with van der Waals surface area (Å²) in [4.78, 5) is 19.6. The maximum absolute atomic E-state index is 13.9. The number of benzene rings is 1. The van der Waals surface area contributed by atoms with Crippen molar-refractivity contribution in [1.82, 2.24) is 9.97 Å². The molecule has 3 rings (SSSR count). The molecule has 3 aromatic rings. The van der Waals surface area contributed by atoms with Gasteiger partial charge in [0.25, 0.3) is 0 Å². The van der Waals surface area contributed by atoms with E-state index in [1.165, 1.54) is 6.20 Å². The van der Waals surface area contributed by atoms with Gasteiger partial charge >= 0.3 is 5.97 Å². The third-order valence-corrected chi connectivity index (χ3v) is 5.51. The molecule has 1 N–H and O–H groups in total. The van der Waals surface area contributed by atoms with Gasteiger partial charge in [-0.2, -0.15) is 0 Å². The van der Waals surface area contributed by atoms with Crippen molar-refractivity contribution in [3.8, 4) is 0 Å². The zero-order valence-corrected chi connectivity index (χ0v) is 15.0. The third kappa shape index (κ3) is 3.05. The average Bonchev–Trinajstić information content (AvgIpc) is 3.01. The van der Waals surface area contributed by atoms with Crippen LogP contribution in [0.25, 0.3) is 10.2 Å². The Kier molecular flexibility index (Phi) is 4.70. The van der Waals surface area contributed by atoms with Crippen molar-refractivity contribution in [1.29, 1.82) is 0 Å². The molecule has 0 fully saturated rings. The molecule has 1 aromatic carbocycles. The lowest BCUT2D eigenvalue weighted by Crippen LogP contribution is -2.12. The van der Waals surface area contributed by atoms with E-state index in [0.717, 1.165) is 22.5 Å². The van der Waals surface area contributed by atoms with Gasteiger partial charge in [0.05, 0.1) is 15.6 Å². The Morgan fingerprint density at radius 3 is 2.62 bits per heavy atom. The van der Waals surface area contributed by atoms with Crippen molar-refractivity contribution in [3.63, 3.8) is 0 Å². The Morgan fingerprint density at radius 1 is 1.27 bits per heavy atom. The van der Waals surface area contributed by atoms with Crippen molar-refractivity contribution >= 4 is 27.5 Å². The lowest BCUT2D eigenvalue weighted by Gasteiger charge is -2.15. The fourth-order valence-electron chi connectivity index (χ4n) is 2.87. The molecule has 0 radical (unpaired) electrons. The molecule has 1 atom stereocenters. The molecule has 0 saturated carbocycles. The van der Waals surface area contributed by atoms with Crippen molar-refractivity contribution in [2.75, 3.05) is 0 Å². The molecule has 0 aliphatic heterocycles. The molecular formula is C18H15F3N2O2S. The first-order chi connectivity index (χ1) is 12.2. The predicted octanol–water partition coefficient (Wildman–Crippen LogP) is 4.50. The number of carboxylic acid groups (broad SMARTS) is 1. The van der Waals surface area contributed by atoms with Gasteiger partial charge in [0.2, 0.25) is 0 Å². The smallest absolute Gasteiger partial charge is 0.310 e. The number of rotatable bonds is 4. The first kappa shape index (κ1) is 18.3. The fourth-order valence-corrected chi connectivity index (χ4v) is 3.85. The second-order valence-corrected chi connectivity index (χ2v) is 7.16. The number of hydrogen-bond acceptors (Lipinski definition) is 4. The van der Waals surface area contributed by atoms with Gasteiger partial charge in [0.15, 0.2) is 11.6 Å². The van der Waals surface area contributed by atoms with Gasteiger partial charge < -0.3 is 5.11 Å². The van der Waals surface area contributed by atoms with Crippen molar-refractivity contribution in [3.05, 3.63) is 57.1 Å². The molecule has 2 aromatic heterocycles. The van der Waals surface area contributed by atoms with E-state index in [-0.39, 0.29) is 16.6 Å². The van der Waals surface area contributed by atoms with Gasteiger partial charge in [0.1, 0.15) is 11.3 Å². The van der Waals surface area contributed by atoms with E-state index in [1.807, 2.05) is 0 Å². The van der Waals surface area contributed by atoms with Gasteiger partial charge in [-0.1, -0.05) is 0 Å². The van der Waals surface area contributed by atoms with Crippen LogP contribution in [0.4, 0.5) is 13.2 Å². The van der Waals surface area contributed by atoms with Crippen LogP contribution >= 0.6 is 11.3 Å². The molecule has 0 bridgehead atoms. The summed E-state index contributed by atoms with van der Waals surface area (Å²) in [5, 5.41) is 9.63. The molecule has 2 heterocycles. The average molecular weight is 380 g/mol. The molecule has 0 saturated heterocycles. The molecular weight excluding hydrogens is 365 g/mol. The van der Waals surface area contributed by atoms with E-state index >= 15 is 0 Å². The molecule has 1 unspecified atom stereocenters. The molecule has 0 aliphatic carbocycles. The molecule has 8 heteroatoms. The maximum atomic E-state index is 13.9. The minimum atomic E-state index is -1.28.